The summed E-state index contributed by atoms with van der Waals surface area (Å²) in [4.78, 5) is 54.6. The molecule has 0 bridgehead atoms. The molecule has 149 heavy (non-hydrogen) atoms. The van der Waals surface area contributed by atoms with Crippen LogP contribution in [0, 0.1) is 261 Å². The second-order valence-corrected chi connectivity index (χ2v) is 29.4. The number of halogens is 16. The molecule has 0 aliphatic heterocycles. The van der Waals surface area contributed by atoms with E-state index in [2.05, 4.69) is 182 Å². The number of hydrogen-bond acceptors (Lipinski definition) is 15. The van der Waals surface area contributed by atoms with Crippen molar-refractivity contribution in [1.82, 2.24) is 69.4 Å². The number of nitriles is 2. The summed E-state index contributed by atoms with van der Waals surface area (Å²) in [6.45, 7) is 33.4. The molecule has 0 amide bonds. The minimum absolute atomic E-state index is 0. The van der Waals surface area contributed by atoms with Gasteiger partial charge in [-0.25, -0.2) is 35.1 Å². The minimum Gasteiger partial charge on any atom is -0.371 e. The average Bonchev–Trinajstić information content (AvgIpc) is 1.71. The van der Waals surface area contributed by atoms with Gasteiger partial charge in [-0.1, -0.05) is 182 Å². The Balaban J connectivity index is 0.000000428. The van der Waals surface area contributed by atoms with Gasteiger partial charge in [0.1, 0.15) is 47.6 Å². The van der Waals surface area contributed by atoms with E-state index in [-0.39, 0.29) is 185 Å². The summed E-state index contributed by atoms with van der Waals surface area (Å²) in [7, 11) is 2.07. The first-order valence-corrected chi connectivity index (χ1v) is 41.5. The van der Waals surface area contributed by atoms with E-state index in [1.807, 2.05) is 0 Å². The number of rotatable bonds is 9. The number of hydrogen-bond donors (Lipinski definition) is 0. The van der Waals surface area contributed by atoms with E-state index in [9.17, 15) is 70.2 Å². The number of benzene rings is 5. The molecule has 0 aliphatic rings. The van der Waals surface area contributed by atoms with Crippen LogP contribution in [0.3, 0.4) is 0 Å². The zero-order chi connectivity index (χ0) is 103. The van der Waals surface area contributed by atoms with Crippen LogP contribution in [0.5, 0.6) is 0 Å². The van der Waals surface area contributed by atoms with Crippen LogP contribution >= 0.6 is 0 Å². The topological polar surface area (TPSA) is 229 Å². The monoisotopic (exact) mass is 2990 g/mol. The maximum atomic E-state index is 13.8. The van der Waals surface area contributed by atoms with Crippen LogP contribution in [0.25, 0.3) is 111 Å². The maximum absolute atomic E-state index is 13.8. The van der Waals surface area contributed by atoms with E-state index in [1.165, 1.54) is 64.9 Å². The molecule has 18 nitrogen and oxygen atoms in total. The van der Waals surface area contributed by atoms with Gasteiger partial charge in [0, 0.05) is 234 Å². The molecule has 40 heteroatoms. The Morgan fingerprint density at radius 2 is 0.550 bits per heavy atom. The van der Waals surface area contributed by atoms with Crippen LogP contribution in [0.4, 0.5) is 81.6 Å². The van der Waals surface area contributed by atoms with Crippen LogP contribution in [0.2, 0.25) is 0 Å². The van der Waals surface area contributed by atoms with Crippen LogP contribution < -0.4 is 0 Å². The second kappa shape index (κ2) is 62.6. The molecule has 18 rings (SSSR count). The Hall–Kier alpha value is -13.7. The fourth-order valence-electron chi connectivity index (χ4n) is 12.4. The van der Waals surface area contributed by atoms with Crippen molar-refractivity contribution in [2.45, 2.75) is 69.2 Å². The Morgan fingerprint density at radius 3 is 0.799 bits per heavy atom. The van der Waals surface area contributed by atoms with Crippen molar-refractivity contribution in [1.29, 1.82) is 10.5 Å². The number of aryl methyl sites for hydroxylation is 6. The first-order valence-electron chi connectivity index (χ1n) is 41.5. The van der Waals surface area contributed by atoms with Crippen LogP contribution in [0.1, 0.15) is 67.5 Å². The molecule has 13 aromatic heterocycles. The number of aromatic nitrogens is 14. The summed E-state index contributed by atoms with van der Waals surface area (Å²) >= 11 is 0. The van der Waals surface area contributed by atoms with Gasteiger partial charge in [0.15, 0.2) is 11.4 Å². The fraction of sp³-hybridized carbons (Fsp3) is 0.101. The molecule has 0 saturated heterocycles. The van der Waals surface area contributed by atoms with E-state index < -0.39 is 117 Å². The molecule has 0 fully saturated rings. The van der Waals surface area contributed by atoms with Crippen LogP contribution in [0.15, 0.2) is 219 Å². The third-order valence-electron chi connectivity index (χ3n) is 19.9. The number of pyridine rings is 12. The van der Waals surface area contributed by atoms with Crippen molar-refractivity contribution in [3.63, 3.8) is 0 Å². The van der Waals surface area contributed by atoms with E-state index >= 15 is 0 Å². The number of imidazole rings is 1. The summed E-state index contributed by atoms with van der Waals surface area (Å²) in [5, 5.41) is 17.2. The molecule has 0 spiro atoms. The van der Waals surface area contributed by atoms with Gasteiger partial charge in [0.05, 0.1) is 54.4 Å². The van der Waals surface area contributed by atoms with Crippen molar-refractivity contribution < 1.29 is 203 Å². The Morgan fingerprint density at radius 1 is 0.295 bits per heavy atom. The predicted molar refractivity (Wildman–Crippen MR) is 502 cm³/mol. The zero-order valence-corrected chi connectivity index (χ0v) is 94.4. The van der Waals surface area contributed by atoms with Gasteiger partial charge in [-0.05, 0) is 136 Å². The van der Waals surface area contributed by atoms with E-state index in [4.69, 9.17) is 23.7 Å². The smallest absolute Gasteiger partial charge is 0.176 e. The van der Waals surface area contributed by atoms with Gasteiger partial charge in [-0.15, -0.1) is 118 Å². The molecule has 0 N–H and O–H groups in total. The van der Waals surface area contributed by atoms with Crippen LogP contribution in [-0.2, 0) is 140 Å². The quantitative estimate of drug-likeness (QED) is 0.0743. The average molecular weight is 2990 g/mol. The van der Waals surface area contributed by atoms with E-state index in [0.717, 1.165) is 77.0 Å². The normalized spacial score (nSPS) is 9.71. The zero-order valence-electron chi connectivity index (χ0n) is 79.6. The third-order valence-corrected chi connectivity index (χ3v) is 19.9. The van der Waals surface area contributed by atoms with Gasteiger partial charge >= 0.3 is 0 Å². The Labute approximate surface area is 941 Å². The van der Waals surface area contributed by atoms with E-state index in [1.54, 1.807) is 173 Å². The third kappa shape index (κ3) is 35.2. The largest absolute Gasteiger partial charge is 0.371 e. The van der Waals surface area contributed by atoms with Crippen LogP contribution in [-0.4, -0.2) is 69.4 Å². The summed E-state index contributed by atoms with van der Waals surface area (Å²) in [5.41, 5.74) is 12.3. The van der Waals surface area contributed by atoms with E-state index in [0.29, 0.717) is 56.9 Å². The van der Waals surface area contributed by atoms with Crippen molar-refractivity contribution in [2.75, 3.05) is 0 Å². The van der Waals surface area contributed by atoms with Gasteiger partial charge < -0.3 is 51.9 Å². The molecule has 5 aromatic carbocycles. The van der Waals surface area contributed by atoms with Gasteiger partial charge in [0.2, 0.25) is 0 Å². The van der Waals surface area contributed by atoms with Crippen molar-refractivity contribution in [3.8, 4) is 114 Å². The molecule has 768 valence electrons. The summed E-state index contributed by atoms with van der Waals surface area (Å²) in [5.74, 6) is -13.5. The van der Waals surface area contributed by atoms with Crippen molar-refractivity contribution >= 4 is 11.4 Å². The summed E-state index contributed by atoms with van der Waals surface area (Å²) in [6.07, 6.45) is 6.01. The molecule has 18 aromatic rings. The first-order chi connectivity index (χ1) is 67.9. The number of nitrogens with zero attached hydrogens (tertiary/aromatic N) is 18. The molecule has 0 saturated carbocycles. The predicted octanol–water partition coefficient (Wildman–Crippen LogP) is 26.4. The van der Waals surface area contributed by atoms with Gasteiger partial charge in [0.25, 0.3) is 0 Å². The molecule has 13 heterocycles. The molecule has 0 atom stereocenters. The standard InChI is InChI=1S/C16H21N2.2C13H7F2N2.2C12H5F2N2.2C11H7F2N2.2C10H5F2N2.CH3.5Ir.Y/c1-9-8-15(12(4)11(3)10(9)2)16-17-13(5)14(6)18(16)7;2*1-8-4-3-5-11(17-8)9-6-7-10(14)13(16-2)12(9)15;2*13-10-5-4-8(12(14)9(10)7-15)11-3-1-2-6-16-11;2*1-7-3-2-4-9(14-7)8-5-6-10(12)15-11(8)13;2*11-9-5-4-7(10(12)14-9)8-3-1-2-6-13-8;;;;;;;/h1-7H3;2*3-5,7H,1H3;2*1-3,5-6H;2*2-4,6H,1H3;2*1-3,5-6H;1H3;;;;;;/q10*-1;;;;;;. The van der Waals surface area contributed by atoms with Crippen molar-refractivity contribution in [3.05, 3.63) is 465 Å². The van der Waals surface area contributed by atoms with Gasteiger partial charge in [-0.3, -0.25) is 69.7 Å². The summed E-state index contributed by atoms with van der Waals surface area (Å²) < 4.78 is 212. The second-order valence-electron chi connectivity index (χ2n) is 29.4. The Kier molecular flexibility index (Phi) is 54.4. The summed E-state index contributed by atoms with van der Waals surface area (Å²) in [6, 6.07) is 74.1. The molecule has 0 unspecified atom stereocenters. The molecule has 0 aliphatic carbocycles. The fourth-order valence-corrected chi connectivity index (χ4v) is 12.4. The first kappa shape index (κ1) is 129. The van der Waals surface area contributed by atoms with Crippen molar-refractivity contribution in [2.24, 2.45) is 7.05 Å². The Bertz CT molecular complexity index is 7360. The maximum Gasteiger partial charge on any atom is 0.176 e. The molecular formula is C109H72F16Ir5N18Y-10. The molecular weight excluding hydrogens is 2920 g/mol. The minimum atomic E-state index is -0.929. The van der Waals surface area contributed by atoms with Gasteiger partial charge in [-0.2, -0.15) is 10.5 Å². The SMILES string of the molecule is Cc1[c-]c(-c2nc(C)c(C)n2C)c(C)c(C)c1C.Cc1cccc(-c2[c-]cc(F)nc2F)n1.Cc1cccc(-c2[c-]cc(F)nc2F)n1.Fc1c[c-]c(-c2ccccn2)c(F)n1.Fc1c[c-]c(-c2ccccn2)c(F)n1.N#Cc1c(F)c[c-]c(-c2ccccn2)c1F.N#Cc1c(F)c[c-]c(-c2ccccn2)c1F.[C-]#[N+]c1c(F)c[c-]c(-c2cccc(C)n2)c1F.[C-]#[N+]c1c(F)c[c-]c(-c2cccc(C)n2)c1F.[CH3-].[Ir].[Ir].[Ir].[Ir].[Ir].[Y]. The molecule has 6 radical (unpaired) electrons.